The fourth-order valence-electron chi connectivity index (χ4n) is 2.26. The van der Waals surface area contributed by atoms with Gasteiger partial charge in [0.05, 0.1) is 0 Å². The van der Waals surface area contributed by atoms with Gasteiger partial charge in [-0.15, -0.1) is 11.8 Å². The van der Waals surface area contributed by atoms with E-state index in [4.69, 9.17) is 0 Å². The van der Waals surface area contributed by atoms with E-state index in [1.54, 1.807) is 0 Å². The first-order chi connectivity index (χ1) is 7.92. The van der Waals surface area contributed by atoms with Gasteiger partial charge in [0.1, 0.15) is 0 Å². The van der Waals surface area contributed by atoms with Crippen LogP contribution in [0.4, 0.5) is 0 Å². The van der Waals surface area contributed by atoms with Gasteiger partial charge >= 0.3 is 0 Å². The highest BCUT2D eigenvalue weighted by Crippen LogP contribution is 2.35. The maximum atomic E-state index is 3.55. The van der Waals surface area contributed by atoms with Crippen LogP contribution in [0.1, 0.15) is 37.3 Å². The molecule has 0 bridgehead atoms. The molecule has 3 rings (SSSR count). The molecule has 16 heavy (non-hydrogen) atoms. The van der Waals surface area contributed by atoms with Crippen molar-refractivity contribution in [2.75, 3.05) is 12.3 Å². The van der Waals surface area contributed by atoms with Crippen molar-refractivity contribution in [1.29, 1.82) is 0 Å². The molecule has 1 aromatic carbocycles. The Morgan fingerprint density at radius 1 is 1.12 bits per heavy atom. The van der Waals surface area contributed by atoms with Crippen molar-refractivity contribution in [3.8, 4) is 0 Å². The van der Waals surface area contributed by atoms with Crippen LogP contribution >= 0.6 is 11.8 Å². The van der Waals surface area contributed by atoms with E-state index < -0.39 is 0 Å². The van der Waals surface area contributed by atoms with Crippen molar-refractivity contribution < 1.29 is 0 Å². The molecule has 1 aliphatic heterocycles. The molecular formula is C14H19NS. The van der Waals surface area contributed by atoms with Crippen LogP contribution < -0.4 is 5.32 Å². The number of thioether (sulfide) groups is 1. The summed E-state index contributed by atoms with van der Waals surface area (Å²) >= 11 is 2.02. The summed E-state index contributed by atoms with van der Waals surface area (Å²) in [4.78, 5) is 1.44. The van der Waals surface area contributed by atoms with Crippen LogP contribution in [0.25, 0.3) is 0 Å². The first kappa shape index (κ1) is 10.7. The van der Waals surface area contributed by atoms with E-state index in [9.17, 15) is 0 Å². The second-order valence-electron chi connectivity index (χ2n) is 4.97. The van der Waals surface area contributed by atoms with Gasteiger partial charge in [-0.1, -0.05) is 12.1 Å². The summed E-state index contributed by atoms with van der Waals surface area (Å²) in [6, 6.07) is 9.81. The lowest BCUT2D eigenvalue weighted by Crippen LogP contribution is -2.12. The standard InChI is InChI=1S/C14H19NS/c1-2-14(15-9-1)12-5-7-13(8-6-12)16-10-11-3-4-11/h5-8,11,14-15H,1-4,9-10H2. The van der Waals surface area contributed by atoms with Gasteiger partial charge in [-0.05, 0) is 55.8 Å². The van der Waals surface area contributed by atoms with Crippen molar-refractivity contribution in [2.45, 2.75) is 36.6 Å². The summed E-state index contributed by atoms with van der Waals surface area (Å²) in [5, 5.41) is 3.55. The molecule has 2 heteroatoms. The Morgan fingerprint density at radius 3 is 2.56 bits per heavy atom. The highest BCUT2D eigenvalue weighted by Gasteiger charge is 2.21. The fraction of sp³-hybridized carbons (Fsp3) is 0.571. The molecule has 2 aliphatic rings. The van der Waals surface area contributed by atoms with Gasteiger partial charge in [0, 0.05) is 16.7 Å². The Labute approximate surface area is 102 Å². The summed E-state index contributed by atoms with van der Waals surface area (Å²) in [7, 11) is 0. The number of nitrogens with one attached hydrogen (secondary N) is 1. The van der Waals surface area contributed by atoms with Crippen molar-refractivity contribution in [1.82, 2.24) is 5.32 Å². The zero-order valence-electron chi connectivity index (χ0n) is 9.61. The monoisotopic (exact) mass is 233 g/mol. The summed E-state index contributed by atoms with van der Waals surface area (Å²) in [5.74, 6) is 2.34. The van der Waals surface area contributed by atoms with Gasteiger partial charge in [-0.3, -0.25) is 0 Å². The minimum atomic E-state index is 0.613. The van der Waals surface area contributed by atoms with E-state index in [-0.39, 0.29) is 0 Å². The Bertz CT molecular complexity index is 336. The summed E-state index contributed by atoms with van der Waals surface area (Å²) in [5.41, 5.74) is 1.47. The lowest BCUT2D eigenvalue weighted by molar-refractivity contribution is 0.647. The molecule has 0 aromatic heterocycles. The van der Waals surface area contributed by atoms with Crippen molar-refractivity contribution >= 4 is 11.8 Å². The molecule has 1 heterocycles. The van der Waals surface area contributed by atoms with E-state index in [1.165, 1.54) is 48.4 Å². The molecule has 1 aromatic rings. The predicted molar refractivity (Wildman–Crippen MR) is 69.9 cm³/mol. The van der Waals surface area contributed by atoms with Crippen LogP contribution in [0.15, 0.2) is 29.2 Å². The lowest BCUT2D eigenvalue weighted by atomic mass is 10.1. The van der Waals surface area contributed by atoms with Crippen molar-refractivity contribution in [3.05, 3.63) is 29.8 Å². The second kappa shape index (κ2) is 4.80. The van der Waals surface area contributed by atoms with E-state index in [0.29, 0.717) is 6.04 Å². The Hall–Kier alpha value is -0.470. The summed E-state index contributed by atoms with van der Waals surface area (Å²) in [6.07, 6.45) is 5.53. The largest absolute Gasteiger partial charge is 0.310 e. The van der Waals surface area contributed by atoms with Gasteiger partial charge in [-0.2, -0.15) is 0 Å². The van der Waals surface area contributed by atoms with E-state index >= 15 is 0 Å². The highest BCUT2D eigenvalue weighted by atomic mass is 32.2. The fourth-order valence-corrected chi connectivity index (χ4v) is 3.35. The second-order valence-corrected chi connectivity index (χ2v) is 6.07. The van der Waals surface area contributed by atoms with Crippen molar-refractivity contribution in [3.63, 3.8) is 0 Å². The van der Waals surface area contributed by atoms with Gasteiger partial charge in [0.15, 0.2) is 0 Å². The van der Waals surface area contributed by atoms with Crippen molar-refractivity contribution in [2.24, 2.45) is 5.92 Å². The molecule has 1 saturated carbocycles. The van der Waals surface area contributed by atoms with Crippen LogP contribution in [-0.4, -0.2) is 12.3 Å². The Kier molecular flexibility index (Phi) is 3.20. The first-order valence-corrected chi connectivity index (χ1v) is 7.36. The number of rotatable bonds is 4. The molecule has 86 valence electrons. The van der Waals surface area contributed by atoms with Crippen LogP contribution in [0.2, 0.25) is 0 Å². The van der Waals surface area contributed by atoms with Crippen LogP contribution in [0, 0.1) is 5.92 Å². The average Bonchev–Trinajstić information content (AvgIpc) is 3.00. The lowest BCUT2D eigenvalue weighted by Gasteiger charge is -2.10. The highest BCUT2D eigenvalue weighted by molar-refractivity contribution is 7.99. The maximum absolute atomic E-state index is 3.55. The van der Waals surface area contributed by atoms with Gasteiger partial charge in [0.25, 0.3) is 0 Å². The molecule has 1 atom stereocenters. The minimum absolute atomic E-state index is 0.613. The molecule has 0 amide bonds. The predicted octanol–water partition coefficient (Wildman–Crippen LogP) is 3.61. The van der Waals surface area contributed by atoms with Crippen LogP contribution in [-0.2, 0) is 0 Å². The van der Waals surface area contributed by atoms with E-state index in [1.807, 2.05) is 11.8 Å². The quantitative estimate of drug-likeness (QED) is 0.797. The van der Waals surface area contributed by atoms with E-state index in [2.05, 4.69) is 29.6 Å². The molecule has 0 radical (unpaired) electrons. The summed E-state index contributed by atoms with van der Waals surface area (Å²) in [6.45, 7) is 1.18. The molecule has 2 fully saturated rings. The summed E-state index contributed by atoms with van der Waals surface area (Å²) < 4.78 is 0. The molecule has 0 spiro atoms. The zero-order chi connectivity index (χ0) is 10.8. The molecule has 1 nitrogen and oxygen atoms in total. The third-order valence-electron chi connectivity index (χ3n) is 3.53. The van der Waals surface area contributed by atoms with Gasteiger partial charge in [-0.25, -0.2) is 0 Å². The smallest absolute Gasteiger partial charge is 0.0320 e. The molecule has 1 saturated heterocycles. The average molecular weight is 233 g/mol. The Morgan fingerprint density at radius 2 is 1.94 bits per heavy atom. The Balaban J connectivity index is 1.59. The minimum Gasteiger partial charge on any atom is -0.310 e. The normalized spacial score (nSPS) is 24.9. The SMILES string of the molecule is c1cc(C2CCCN2)ccc1SCC1CC1. The topological polar surface area (TPSA) is 12.0 Å². The van der Waals surface area contributed by atoms with Gasteiger partial charge < -0.3 is 5.32 Å². The molecular weight excluding hydrogens is 214 g/mol. The van der Waals surface area contributed by atoms with Crippen LogP contribution in [0.3, 0.4) is 0 Å². The molecule has 1 unspecified atom stereocenters. The first-order valence-electron chi connectivity index (χ1n) is 6.38. The number of benzene rings is 1. The maximum Gasteiger partial charge on any atom is 0.0320 e. The third-order valence-corrected chi connectivity index (χ3v) is 4.77. The van der Waals surface area contributed by atoms with Crippen LogP contribution in [0.5, 0.6) is 0 Å². The molecule has 1 aliphatic carbocycles. The van der Waals surface area contributed by atoms with Gasteiger partial charge in [0.2, 0.25) is 0 Å². The number of hydrogen-bond acceptors (Lipinski definition) is 2. The third kappa shape index (κ3) is 2.61. The zero-order valence-corrected chi connectivity index (χ0v) is 10.4. The van der Waals surface area contributed by atoms with E-state index in [0.717, 1.165) is 5.92 Å². The number of hydrogen-bond donors (Lipinski definition) is 1. The molecule has 1 N–H and O–H groups in total.